The van der Waals surface area contributed by atoms with Crippen molar-refractivity contribution in [3.05, 3.63) is 0 Å². The van der Waals surface area contributed by atoms with E-state index in [1.165, 1.54) is 0 Å². The predicted molar refractivity (Wildman–Crippen MR) is 30.3 cm³/mol. The van der Waals surface area contributed by atoms with E-state index in [0.717, 1.165) is 0 Å². The van der Waals surface area contributed by atoms with E-state index in [1.54, 1.807) is 14.2 Å². The maximum atomic E-state index is 5.18. The number of hydrogen-bond acceptors (Lipinski definition) is 3. The van der Waals surface area contributed by atoms with Gasteiger partial charge in [0, 0.05) is 14.2 Å². The Morgan fingerprint density at radius 2 is 1.44 bits per heavy atom. The number of rotatable bonds is 2. The smallest absolute Gasteiger partial charge is 0.116 e. The molecule has 0 amide bonds. The van der Waals surface area contributed by atoms with Gasteiger partial charge in [-0.2, -0.15) is 0 Å². The second-order valence-corrected chi connectivity index (χ2v) is 2.47. The highest BCUT2D eigenvalue weighted by atomic mass is 16.7. The SMILES string of the molecule is CO[C@@H]1[C@H](OC)[C@@H]2O[C@H]12. The fraction of sp³-hybridized carbons (Fsp3) is 1.00. The molecule has 4 atom stereocenters. The van der Waals surface area contributed by atoms with Crippen LogP contribution in [0.15, 0.2) is 0 Å². The molecule has 0 unspecified atom stereocenters. The molecular formula is C6H10O3. The Morgan fingerprint density at radius 3 is 1.78 bits per heavy atom. The highest BCUT2D eigenvalue weighted by Gasteiger charge is 2.65. The van der Waals surface area contributed by atoms with Crippen molar-refractivity contribution in [2.45, 2.75) is 24.4 Å². The van der Waals surface area contributed by atoms with E-state index in [9.17, 15) is 0 Å². The van der Waals surface area contributed by atoms with Crippen LogP contribution in [-0.2, 0) is 14.2 Å². The fourth-order valence-electron chi connectivity index (χ4n) is 1.43. The van der Waals surface area contributed by atoms with Crippen molar-refractivity contribution in [1.82, 2.24) is 0 Å². The summed E-state index contributed by atoms with van der Waals surface area (Å²) >= 11 is 0. The van der Waals surface area contributed by atoms with Crippen LogP contribution in [0.5, 0.6) is 0 Å². The molecule has 0 N–H and O–H groups in total. The monoisotopic (exact) mass is 130 g/mol. The molecule has 1 aliphatic heterocycles. The molecule has 0 aromatic carbocycles. The van der Waals surface area contributed by atoms with Gasteiger partial charge in [-0.05, 0) is 0 Å². The average Bonchev–Trinajstić information content (AvgIpc) is 2.47. The standard InChI is InChI=1S/C6H10O3/c1-7-3-4(8-2)6-5(3)9-6/h3-6H,1-2H3/t3-,4+,5-,6+. The van der Waals surface area contributed by atoms with Gasteiger partial charge in [-0.15, -0.1) is 0 Å². The van der Waals surface area contributed by atoms with Crippen molar-refractivity contribution in [2.24, 2.45) is 0 Å². The Bertz CT molecular complexity index is 111. The van der Waals surface area contributed by atoms with Gasteiger partial charge in [-0.3, -0.25) is 0 Å². The molecule has 0 aromatic rings. The number of methoxy groups -OCH3 is 2. The van der Waals surface area contributed by atoms with Crippen molar-refractivity contribution in [3.8, 4) is 0 Å². The summed E-state index contributed by atoms with van der Waals surface area (Å²) in [6, 6.07) is 0. The van der Waals surface area contributed by atoms with E-state index in [-0.39, 0.29) is 12.2 Å². The summed E-state index contributed by atoms with van der Waals surface area (Å²) in [4.78, 5) is 0. The molecular weight excluding hydrogens is 120 g/mol. The fourth-order valence-corrected chi connectivity index (χ4v) is 1.43. The Labute approximate surface area is 53.9 Å². The molecule has 2 rings (SSSR count). The van der Waals surface area contributed by atoms with E-state index in [2.05, 4.69) is 0 Å². The van der Waals surface area contributed by atoms with Gasteiger partial charge in [0.25, 0.3) is 0 Å². The number of fused-ring (bicyclic) bond motifs is 1. The van der Waals surface area contributed by atoms with E-state index < -0.39 is 0 Å². The molecule has 0 aromatic heterocycles. The minimum absolute atomic E-state index is 0.194. The Kier molecular flexibility index (Phi) is 1.06. The van der Waals surface area contributed by atoms with Crippen molar-refractivity contribution in [2.75, 3.05) is 14.2 Å². The summed E-state index contributed by atoms with van der Waals surface area (Å²) in [7, 11) is 3.38. The van der Waals surface area contributed by atoms with Gasteiger partial charge in [0.05, 0.1) is 0 Å². The third kappa shape index (κ3) is 0.569. The molecule has 1 saturated heterocycles. The van der Waals surface area contributed by atoms with Crippen LogP contribution in [0.3, 0.4) is 0 Å². The summed E-state index contributed by atoms with van der Waals surface area (Å²) in [5.41, 5.74) is 0. The molecule has 3 nitrogen and oxygen atoms in total. The molecule has 0 bridgehead atoms. The van der Waals surface area contributed by atoms with E-state index >= 15 is 0 Å². The van der Waals surface area contributed by atoms with Gasteiger partial charge in [-0.25, -0.2) is 0 Å². The molecule has 2 aliphatic rings. The highest BCUT2D eigenvalue weighted by molar-refractivity contribution is 5.13. The van der Waals surface area contributed by atoms with Crippen LogP contribution < -0.4 is 0 Å². The third-order valence-electron chi connectivity index (χ3n) is 2.08. The number of ether oxygens (including phenoxy) is 3. The first-order valence-electron chi connectivity index (χ1n) is 3.09. The second kappa shape index (κ2) is 1.68. The van der Waals surface area contributed by atoms with Gasteiger partial charge in [-0.1, -0.05) is 0 Å². The molecule has 3 heteroatoms. The minimum Gasteiger partial charge on any atom is -0.376 e. The number of hydrogen-bond donors (Lipinski definition) is 0. The van der Waals surface area contributed by atoms with E-state index in [4.69, 9.17) is 14.2 Å². The van der Waals surface area contributed by atoms with Gasteiger partial charge >= 0.3 is 0 Å². The lowest BCUT2D eigenvalue weighted by atomic mass is 9.92. The topological polar surface area (TPSA) is 31.0 Å². The Balaban J connectivity index is 1.94. The Hall–Kier alpha value is -0.120. The first-order chi connectivity index (χ1) is 4.38. The van der Waals surface area contributed by atoms with Crippen molar-refractivity contribution < 1.29 is 14.2 Å². The average molecular weight is 130 g/mol. The number of epoxide rings is 1. The van der Waals surface area contributed by atoms with Crippen molar-refractivity contribution in [3.63, 3.8) is 0 Å². The molecule has 0 radical (unpaired) electrons. The lowest BCUT2D eigenvalue weighted by Gasteiger charge is -2.28. The third-order valence-corrected chi connectivity index (χ3v) is 2.08. The predicted octanol–water partition coefficient (Wildman–Crippen LogP) is -0.203. The maximum Gasteiger partial charge on any atom is 0.116 e. The summed E-state index contributed by atoms with van der Waals surface area (Å²) in [6.45, 7) is 0. The molecule has 2 fully saturated rings. The zero-order chi connectivity index (χ0) is 6.43. The molecule has 1 aliphatic carbocycles. The van der Waals surface area contributed by atoms with Crippen LogP contribution >= 0.6 is 0 Å². The zero-order valence-corrected chi connectivity index (χ0v) is 5.53. The van der Waals surface area contributed by atoms with Gasteiger partial charge in [0.15, 0.2) is 0 Å². The molecule has 0 spiro atoms. The molecule has 9 heavy (non-hydrogen) atoms. The zero-order valence-electron chi connectivity index (χ0n) is 5.53. The summed E-state index contributed by atoms with van der Waals surface area (Å²) < 4.78 is 15.4. The summed E-state index contributed by atoms with van der Waals surface area (Å²) in [5.74, 6) is 0. The first-order valence-corrected chi connectivity index (χ1v) is 3.09. The van der Waals surface area contributed by atoms with Gasteiger partial charge in [0.2, 0.25) is 0 Å². The van der Waals surface area contributed by atoms with Crippen molar-refractivity contribution >= 4 is 0 Å². The highest BCUT2D eigenvalue weighted by Crippen LogP contribution is 2.44. The lowest BCUT2D eigenvalue weighted by molar-refractivity contribution is -0.0700. The normalized spacial score (nSPS) is 54.0. The van der Waals surface area contributed by atoms with Gasteiger partial charge < -0.3 is 14.2 Å². The minimum atomic E-state index is 0.194. The lowest BCUT2D eigenvalue weighted by Crippen LogP contribution is -2.49. The maximum absolute atomic E-state index is 5.18. The van der Waals surface area contributed by atoms with E-state index in [1.807, 2.05) is 0 Å². The Morgan fingerprint density at radius 1 is 1.00 bits per heavy atom. The van der Waals surface area contributed by atoms with E-state index in [0.29, 0.717) is 12.2 Å². The quantitative estimate of drug-likeness (QED) is 0.485. The van der Waals surface area contributed by atoms with Crippen LogP contribution in [0.2, 0.25) is 0 Å². The summed E-state index contributed by atoms with van der Waals surface area (Å²) in [5, 5.41) is 0. The molecule has 52 valence electrons. The van der Waals surface area contributed by atoms with Crippen LogP contribution in [-0.4, -0.2) is 38.6 Å². The largest absolute Gasteiger partial charge is 0.376 e. The first kappa shape index (κ1) is 5.65. The second-order valence-electron chi connectivity index (χ2n) is 2.47. The van der Waals surface area contributed by atoms with Crippen LogP contribution in [0.25, 0.3) is 0 Å². The van der Waals surface area contributed by atoms with Crippen LogP contribution in [0.1, 0.15) is 0 Å². The van der Waals surface area contributed by atoms with Crippen molar-refractivity contribution in [1.29, 1.82) is 0 Å². The molecule has 1 heterocycles. The van der Waals surface area contributed by atoms with Crippen LogP contribution in [0.4, 0.5) is 0 Å². The molecule has 1 saturated carbocycles. The summed E-state index contributed by atoms with van der Waals surface area (Å²) in [6.07, 6.45) is 1.08. The van der Waals surface area contributed by atoms with Crippen LogP contribution in [0, 0.1) is 0 Å². The van der Waals surface area contributed by atoms with Gasteiger partial charge in [0.1, 0.15) is 24.4 Å².